The number of hydrogen-bond acceptors (Lipinski definition) is 7. The van der Waals surface area contributed by atoms with Gasteiger partial charge in [-0.1, -0.05) is 6.07 Å². The highest BCUT2D eigenvalue weighted by molar-refractivity contribution is 5.95. The highest BCUT2D eigenvalue weighted by Gasteiger charge is 2.23. The lowest BCUT2D eigenvalue weighted by molar-refractivity contribution is -0.384. The summed E-state index contributed by atoms with van der Waals surface area (Å²) in [6.07, 6.45) is 1.60. The van der Waals surface area contributed by atoms with E-state index in [1.54, 1.807) is 30.5 Å². The Morgan fingerprint density at radius 1 is 1.33 bits per heavy atom. The van der Waals surface area contributed by atoms with Gasteiger partial charge in [-0.3, -0.25) is 14.9 Å². The molecule has 0 saturated carbocycles. The molecular formula is C18H20N4O5. The number of nitrogens with one attached hydrogen (secondary N) is 1. The minimum Gasteiger partial charge on any atom is -0.481 e. The van der Waals surface area contributed by atoms with Crippen LogP contribution < -0.4 is 15.0 Å². The first-order valence-corrected chi connectivity index (χ1v) is 8.46. The third-order valence-corrected chi connectivity index (χ3v) is 4.25. The third-order valence-electron chi connectivity index (χ3n) is 4.25. The van der Waals surface area contributed by atoms with Crippen molar-refractivity contribution in [2.45, 2.75) is 6.54 Å². The Morgan fingerprint density at radius 2 is 2.11 bits per heavy atom. The smallest absolute Gasteiger partial charge is 0.293 e. The quantitative estimate of drug-likeness (QED) is 0.608. The van der Waals surface area contributed by atoms with E-state index in [1.165, 1.54) is 13.2 Å². The standard InChI is InChI=1S/C18H20N4O5/c1-26-17-5-2-13(11-19-17)12-20-18(23)14-3-4-15(16(10-14)22(24)25)21-6-8-27-9-7-21/h2-5,10-11H,6-9,12H2,1H3,(H,20,23). The Kier molecular flexibility index (Phi) is 5.82. The largest absolute Gasteiger partial charge is 0.481 e. The van der Waals surface area contributed by atoms with Crippen molar-refractivity contribution in [1.82, 2.24) is 10.3 Å². The van der Waals surface area contributed by atoms with E-state index in [9.17, 15) is 14.9 Å². The van der Waals surface area contributed by atoms with Crippen molar-refractivity contribution in [3.05, 3.63) is 57.8 Å². The predicted molar refractivity (Wildman–Crippen MR) is 98.1 cm³/mol. The molecule has 2 heterocycles. The van der Waals surface area contributed by atoms with Gasteiger partial charge >= 0.3 is 0 Å². The molecule has 1 aromatic carbocycles. The topological polar surface area (TPSA) is 107 Å². The third kappa shape index (κ3) is 4.50. The van der Waals surface area contributed by atoms with Crippen LogP contribution in [-0.4, -0.2) is 49.2 Å². The Morgan fingerprint density at radius 3 is 2.74 bits per heavy atom. The van der Waals surface area contributed by atoms with Gasteiger partial charge in [0.15, 0.2) is 0 Å². The first kappa shape index (κ1) is 18.6. The fourth-order valence-corrected chi connectivity index (χ4v) is 2.80. The SMILES string of the molecule is COc1ccc(CNC(=O)c2ccc(N3CCOCC3)c([N+](=O)[O-])c2)cn1. The number of pyridine rings is 1. The van der Waals surface area contributed by atoms with Gasteiger partial charge in [0.05, 0.1) is 25.2 Å². The number of benzene rings is 1. The van der Waals surface area contributed by atoms with E-state index in [-0.39, 0.29) is 23.7 Å². The van der Waals surface area contributed by atoms with Crippen molar-refractivity contribution < 1.29 is 19.2 Å². The van der Waals surface area contributed by atoms with Gasteiger partial charge in [0.1, 0.15) is 5.69 Å². The summed E-state index contributed by atoms with van der Waals surface area (Å²) in [4.78, 5) is 29.4. The van der Waals surface area contributed by atoms with Crippen molar-refractivity contribution in [2.75, 3.05) is 38.3 Å². The number of morpholine rings is 1. The number of anilines is 1. The summed E-state index contributed by atoms with van der Waals surface area (Å²) in [5, 5.41) is 14.2. The number of hydrogen-bond donors (Lipinski definition) is 1. The lowest BCUT2D eigenvalue weighted by Crippen LogP contribution is -2.36. The van der Waals surface area contributed by atoms with Crippen LogP contribution in [0.25, 0.3) is 0 Å². The number of methoxy groups -OCH3 is 1. The number of aromatic nitrogens is 1. The molecule has 27 heavy (non-hydrogen) atoms. The fraction of sp³-hybridized carbons (Fsp3) is 0.333. The highest BCUT2D eigenvalue weighted by Crippen LogP contribution is 2.29. The second-order valence-electron chi connectivity index (χ2n) is 5.95. The Hall–Kier alpha value is -3.20. The summed E-state index contributed by atoms with van der Waals surface area (Å²) in [6.45, 7) is 2.47. The second kappa shape index (κ2) is 8.45. The molecule has 1 saturated heterocycles. The number of rotatable bonds is 6. The van der Waals surface area contributed by atoms with Crippen molar-refractivity contribution in [3.63, 3.8) is 0 Å². The Balaban J connectivity index is 1.72. The summed E-state index contributed by atoms with van der Waals surface area (Å²) in [7, 11) is 1.53. The average molecular weight is 372 g/mol. The molecule has 2 aromatic rings. The van der Waals surface area contributed by atoms with Crippen LogP contribution in [0.4, 0.5) is 11.4 Å². The molecule has 0 aliphatic carbocycles. The molecule has 1 fully saturated rings. The number of ether oxygens (including phenoxy) is 2. The second-order valence-corrected chi connectivity index (χ2v) is 5.95. The van der Waals surface area contributed by atoms with Gasteiger partial charge in [0.25, 0.3) is 11.6 Å². The summed E-state index contributed by atoms with van der Waals surface area (Å²) >= 11 is 0. The minimum absolute atomic E-state index is 0.0873. The molecule has 1 N–H and O–H groups in total. The summed E-state index contributed by atoms with van der Waals surface area (Å²) in [6, 6.07) is 8.01. The van der Waals surface area contributed by atoms with E-state index >= 15 is 0 Å². The van der Waals surface area contributed by atoms with Crippen LogP contribution in [0.1, 0.15) is 15.9 Å². The van der Waals surface area contributed by atoms with Gasteiger partial charge in [0.2, 0.25) is 5.88 Å². The average Bonchev–Trinajstić information content (AvgIpc) is 2.72. The van der Waals surface area contributed by atoms with E-state index in [0.717, 1.165) is 5.56 Å². The number of carbonyl (C=O) groups excluding carboxylic acids is 1. The normalized spacial score (nSPS) is 13.9. The molecule has 142 valence electrons. The molecule has 1 aliphatic rings. The maximum atomic E-state index is 12.4. The van der Waals surface area contributed by atoms with Gasteiger partial charge in [-0.15, -0.1) is 0 Å². The molecule has 0 spiro atoms. The van der Waals surface area contributed by atoms with E-state index in [0.29, 0.717) is 37.9 Å². The molecule has 9 nitrogen and oxygen atoms in total. The minimum atomic E-state index is -0.463. The Bertz CT molecular complexity index is 819. The molecule has 1 aliphatic heterocycles. The monoisotopic (exact) mass is 372 g/mol. The summed E-state index contributed by atoms with van der Waals surface area (Å²) < 4.78 is 10.3. The molecule has 0 radical (unpaired) electrons. The number of nitrogens with zero attached hydrogens (tertiary/aromatic N) is 3. The van der Waals surface area contributed by atoms with Crippen LogP contribution in [0.2, 0.25) is 0 Å². The number of nitro groups is 1. The predicted octanol–water partition coefficient (Wildman–Crippen LogP) is 1.76. The lowest BCUT2D eigenvalue weighted by atomic mass is 10.1. The van der Waals surface area contributed by atoms with Crippen molar-refractivity contribution >= 4 is 17.3 Å². The zero-order valence-corrected chi connectivity index (χ0v) is 14.9. The molecular weight excluding hydrogens is 352 g/mol. The van der Waals surface area contributed by atoms with E-state index in [2.05, 4.69) is 10.3 Å². The zero-order valence-electron chi connectivity index (χ0n) is 14.9. The van der Waals surface area contributed by atoms with Crippen molar-refractivity contribution in [3.8, 4) is 5.88 Å². The van der Waals surface area contributed by atoms with Crippen LogP contribution in [0.3, 0.4) is 0 Å². The first-order chi connectivity index (χ1) is 13.1. The van der Waals surface area contributed by atoms with Crippen LogP contribution >= 0.6 is 0 Å². The maximum Gasteiger partial charge on any atom is 0.293 e. The van der Waals surface area contributed by atoms with Gasteiger partial charge in [-0.2, -0.15) is 0 Å². The Labute approximate surface area is 156 Å². The summed E-state index contributed by atoms with van der Waals surface area (Å²) in [5.74, 6) is 0.0989. The van der Waals surface area contributed by atoms with E-state index < -0.39 is 4.92 Å². The van der Waals surface area contributed by atoms with Crippen LogP contribution in [0.5, 0.6) is 5.88 Å². The van der Waals surface area contributed by atoms with Crippen LogP contribution in [0, 0.1) is 10.1 Å². The molecule has 0 atom stereocenters. The van der Waals surface area contributed by atoms with Gasteiger partial charge < -0.3 is 19.7 Å². The number of amides is 1. The fourth-order valence-electron chi connectivity index (χ4n) is 2.80. The van der Waals surface area contributed by atoms with Gasteiger partial charge in [0, 0.05) is 43.5 Å². The van der Waals surface area contributed by atoms with Crippen molar-refractivity contribution in [2.24, 2.45) is 0 Å². The van der Waals surface area contributed by atoms with Crippen LogP contribution in [0.15, 0.2) is 36.5 Å². The molecule has 3 rings (SSSR count). The number of nitro benzene ring substituents is 1. The first-order valence-electron chi connectivity index (χ1n) is 8.46. The van der Waals surface area contributed by atoms with Gasteiger partial charge in [-0.25, -0.2) is 4.98 Å². The van der Waals surface area contributed by atoms with E-state index in [4.69, 9.17) is 9.47 Å². The zero-order chi connectivity index (χ0) is 19.2. The van der Waals surface area contributed by atoms with Crippen molar-refractivity contribution in [1.29, 1.82) is 0 Å². The van der Waals surface area contributed by atoms with Gasteiger partial charge in [-0.05, 0) is 17.7 Å². The molecule has 0 unspecified atom stereocenters. The van der Waals surface area contributed by atoms with Crippen LogP contribution in [-0.2, 0) is 11.3 Å². The molecule has 0 bridgehead atoms. The number of carbonyl (C=O) groups is 1. The summed E-state index contributed by atoms with van der Waals surface area (Å²) in [5.41, 5.74) is 1.44. The molecule has 9 heteroatoms. The molecule has 1 amide bonds. The lowest BCUT2D eigenvalue weighted by Gasteiger charge is -2.28. The van der Waals surface area contributed by atoms with E-state index in [1.807, 2.05) is 4.90 Å². The maximum absolute atomic E-state index is 12.4. The molecule has 1 aromatic heterocycles. The highest BCUT2D eigenvalue weighted by atomic mass is 16.6.